The zero-order valence-corrected chi connectivity index (χ0v) is 18.9. The van der Waals surface area contributed by atoms with Crippen LogP contribution in [-0.4, -0.2) is 0 Å². The molecule has 0 saturated heterocycles. The molecule has 0 aliphatic rings. The fourth-order valence-corrected chi connectivity index (χ4v) is 3.75. The molecule has 0 saturated carbocycles. The molecule has 2 heteroatoms. The quantitative estimate of drug-likeness (QED) is 0.271. The Labute approximate surface area is 182 Å². The second-order valence-corrected chi connectivity index (χ2v) is 8.35. The molecule has 0 bridgehead atoms. The van der Waals surface area contributed by atoms with Gasteiger partial charge in [-0.1, -0.05) is 101 Å². The molecule has 0 heterocycles. The Morgan fingerprint density at radius 2 is 1.03 bits per heavy atom. The van der Waals surface area contributed by atoms with Crippen molar-refractivity contribution in [2.45, 2.75) is 90.9 Å². The summed E-state index contributed by atoms with van der Waals surface area (Å²) >= 11 is 0. The average molecular weight is 413 g/mol. The number of aryl methyl sites for hydroxylation is 3. The first-order chi connectivity index (χ1) is 14.6. The van der Waals surface area contributed by atoms with Crippen molar-refractivity contribution in [2.24, 2.45) is 0 Å². The molecular formula is C28H38F2. The molecule has 0 N–H and O–H groups in total. The molecule has 30 heavy (non-hydrogen) atoms. The summed E-state index contributed by atoms with van der Waals surface area (Å²) in [6.45, 7) is 4.11. The van der Waals surface area contributed by atoms with Gasteiger partial charge in [-0.3, -0.25) is 0 Å². The van der Waals surface area contributed by atoms with Crippen LogP contribution in [-0.2, 0) is 19.3 Å². The number of allylic oxidation sites excluding steroid dienone is 1. The fraction of sp³-hybridized carbons (Fsp3) is 0.500. The van der Waals surface area contributed by atoms with Crippen molar-refractivity contribution in [2.75, 3.05) is 0 Å². The standard InChI is InChI=1S/C28H38F2/c1-3-5-6-7-8-9-10-12-23-13-15-24(16-14-23)17-18-25-19-21-26(22-20-25)28(30)27(29)11-4-2/h13-16,19-22H,3-12,17-18H2,1-2H3/b28-27+. The predicted molar refractivity (Wildman–Crippen MR) is 126 cm³/mol. The van der Waals surface area contributed by atoms with E-state index in [0.717, 1.165) is 18.4 Å². The van der Waals surface area contributed by atoms with Gasteiger partial charge in [-0.05, 0) is 48.8 Å². The lowest BCUT2D eigenvalue weighted by molar-refractivity contribution is 0.559. The van der Waals surface area contributed by atoms with Gasteiger partial charge in [0.05, 0.1) is 0 Å². The first kappa shape index (κ1) is 24.3. The van der Waals surface area contributed by atoms with E-state index in [1.165, 1.54) is 62.5 Å². The van der Waals surface area contributed by atoms with E-state index in [-0.39, 0.29) is 6.42 Å². The van der Waals surface area contributed by atoms with Gasteiger partial charge in [0.15, 0.2) is 5.83 Å². The van der Waals surface area contributed by atoms with Crippen LogP contribution in [0.3, 0.4) is 0 Å². The van der Waals surface area contributed by atoms with Gasteiger partial charge in [-0.15, -0.1) is 0 Å². The van der Waals surface area contributed by atoms with Crippen molar-refractivity contribution >= 4 is 5.83 Å². The summed E-state index contributed by atoms with van der Waals surface area (Å²) in [7, 11) is 0. The maximum Gasteiger partial charge on any atom is 0.161 e. The van der Waals surface area contributed by atoms with Gasteiger partial charge in [0.25, 0.3) is 0 Å². The Bertz CT molecular complexity index is 741. The van der Waals surface area contributed by atoms with Crippen molar-refractivity contribution in [3.63, 3.8) is 0 Å². The molecule has 0 amide bonds. The third kappa shape index (κ3) is 8.81. The van der Waals surface area contributed by atoms with E-state index in [1.807, 2.05) is 19.1 Å². The van der Waals surface area contributed by atoms with Crippen LogP contribution in [0.4, 0.5) is 8.78 Å². The van der Waals surface area contributed by atoms with Gasteiger partial charge < -0.3 is 0 Å². The van der Waals surface area contributed by atoms with Crippen molar-refractivity contribution in [1.29, 1.82) is 0 Å². The average Bonchev–Trinajstić information content (AvgIpc) is 2.78. The highest BCUT2D eigenvalue weighted by atomic mass is 19.2. The minimum atomic E-state index is -0.722. The molecule has 0 aromatic heterocycles. The van der Waals surface area contributed by atoms with E-state index < -0.39 is 11.7 Å². The molecule has 0 unspecified atom stereocenters. The number of rotatable bonds is 14. The molecule has 2 rings (SSSR count). The zero-order valence-electron chi connectivity index (χ0n) is 18.9. The van der Waals surface area contributed by atoms with E-state index in [4.69, 9.17) is 0 Å². The largest absolute Gasteiger partial charge is 0.209 e. The van der Waals surface area contributed by atoms with Crippen LogP contribution in [0.1, 0.15) is 93.9 Å². The summed E-state index contributed by atoms with van der Waals surface area (Å²) < 4.78 is 27.7. The molecule has 0 nitrogen and oxygen atoms in total. The van der Waals surface area contributed by atoms with Crippen LogP contribution in [0.25, 0.3) is 5.83 Å². The Morgan fingerprint density at radius 3 is 1.57 bits per heavy atom. The highest BCUT2D eigenvalue weighted by Gasteiger charge is 2.08. The Balaban J connectivity index is 1.74. The molecule has 0 fully saturated rings. The normalized spacial score (nSPS) is 12.1. The van der Waals surface area contributed by atoms with Crippen molar-refractivity contribution in [1.82, 2.24) is 0 Å². The maximum absolute atomic E-state index is 14.0. The monoisotopic (exact) mass is 412 g/mol. The predicted octanol–water partition coefficient (Wildman–Crippen LogP) is 9.17. The van der Waals surface area contributed by atoms with Crippen LogP contribution in [0, 0.1) is 0 Å². The first-order valence-corrected chi connectivity index (χ1v) is 11.8. The molecule has 0 atom stereocenters. The van der Waals surface area contributed by atoms with E-state index in [0.29, 0.717) is 12.0 Å². The molecular weight excluding hydrogens is 374 g/mol. The third-order valence-corrected chi connectivity index (χ3v) is 5.71. The van der Waals surface area contributed by atoms with Crippen molar-refractivity contribution in [3.05, 3.63) is 76.6 Å². The molecule has 164 valence electrons. The van der Waals surface area contributed by atoms with Gasteiger partial charge in [0.2, 0.25) is 0 Å². The minimum Gasteiger partial charge on any atom is -0.209 e. The summed E-state index contributed by atoms with van der Waals surface area (Å²) in [6.07, 6.45) is 13.2. The highest BCUT2D eigenvalue weighted by molar-refractivity contribution is 5.61. The van der Waals surface area contributed by atoms with Gasteiger partial charge >= 0.3 is 0 Å². The Morgan fingerprint density at radius 1 is 0.567 bits per heavy atom. The van der Waals surface area contributed by atoms with Gasteiger partial charge in [-0.25, -0.2) is 8.78 Å². The van der Waals surface area contributed by atoms with Crippen LogP contribution in [0.2, 0.25) is 0 Å². The van der Waals surface area contributed by atoms with Crippen LogP contribution < -0.4 is 0 Å². The third-order valence-electron chi connectivity index (χ3n) is 5.71. The summed E-state index contributed by atoms with van der Waals surface area (Å²) in [5, 5.41) is 0. The number of unbranched alkanes of at least 4 members (excludes halogenated alkanes) is 6. The van der Waals surface area contributed by atoms with Crippen molar-refractivity contribution < 1.29 is 8.78 Å². The van der Waals surface area contributed by atoms with E-state index in [9.17, 15) is 8.78 Å². The highest BCUT2D eigenvalue weighted by Crippen LogP contribution is 2.24. The summed E-state index contributed by atoms with van der Waals surface area (Å²) in [5.41, 5.74) is 4.23. The number of benzene rings is 2. The molecule has 0 radical (unpaired) electrons. The minimum absolute atomic E-state index is 0.155. The molecule has 2 aromatic rings. The van der Waals surface area contributed by atoms with Gasteiger partial charge in [-0.2, -0.15) is 0 Å². The summed E-state index contributed by atoms with van der Waals surface area (Å²) in [5.74, 6) is -1.37. The molecule has 2 aromatic carbocycles. The van der Waals surface area contributed by atoms with E-state index in [2.05, 4.69) is 31.2 Å². The topological polar surface area (TPSA) is 0 Å². The fourth-order valence-electron chi connectivity index (χ4n) is 3.75. The SMILES string of the molecule is CCCCCCCCCc1ccc(CCc2ccc(/C(F)=C(\F)CCC)cc2)cc1. The molecule has 0 aliphatic carbocycles. The maximum atomic E-state index is 14.0. The van der Waals surface area contributed by atoms with E-state index >= 15 is 0 Å². The first-order valence-electron chi connectivity index (χ1n) is 11.8. The Hall–Kier alpha value is -1.96. The van der Waals surface area contributed by atoms with Gasteiger partial charge in [0.1, 0.15) is 5.83 Å². The van der Waals surface area contributed by atoms with Crippen LogP contribution >= 0.6 is 0 Å². The molecule has 0 spiro atoms. The smallest absolute Gasteiger partial charge is 0.161 e. The number of hydrogen-bond donors (Lipinski definition) is 0. The summed E-state index contributed by atoms with van der Waals surface area (Å²) in [6, 6.07) is 16.2. The number of halogens is 2. The number of hydrogen-bond acceptors (Lipinski definition) is 0. The van der Waals surface area contributed by atoms with E-state index in [1.54, 1.807) is 12.1 Å². The van der Waals surface area contributed by atoms with Crippen molar-refractivity contribution in [3.8, 4) is 0 Å². The second-order valence-electron chi connectivity index (χ2n) is 8.35. The van der Waals surface area contributed by atoms with Crippen LogP contribution in [0.5, 0.6) is 0 Å². The molecule has 0 aliphatic heterocycles. The van der Waals surface area contributed by atoms with Gasteiger partial charge in [0, 0.05) is 12.0 Å². The lowest BCUT2D eigenvalue weighted by atomic mass is 10.00. The lowest BCUT2D eigenvalue weighted by Crippen LogP contribution is -1.93. The van der Waals surface area contributed by atoms with Crippen LogP contribution in [0.15, 0.2) is 54.4 Å². The zero-order chi connectivity index (χ0) is 21.6. The Kier molecular flexibility index (Phi) is 11.4. The lowest BCUT2D eigenvalue weighted by Gasteiger charge is -2.06. The second kappa shape index (κ2) is 14.1. The summed E-state index contributed by atoms with van der Waals surface area (Å²) in [4.78, 5) is 0.